The lowest BCUT2D eigenvalue weighted by Gasteiger charge is -2.31. The molecule has 0 bridgehead atoms. The average Bonchev–Trinajstić information content (AvgIpc) is 2.27. The Bertz CT molecular complexity index is 624. The smallest absolute Gasteiger partial charge is 0.0939 e. The van der Waals surface area contributed by atoms with E-state index in [1.54, 1.807) is 0 Å². The van der Waals surface area contributed by atoms with Crippen LogP contribution in [0.2, 0.25) is 0 Å². The van der Waals surface area contributed by atoms with E-state index in [0.717, 1.165) is 11.2 Å². The van der Waals surface area contributed by atoms with Crippen molar-refractivity contribution in [1.29, 1.82) is 0 Å². The second kappa shape index (κ2) is 3.33. The Morgan fingerprint density at radius 1 is 1.18 bits per heavy atom. The van der Waals surface area contributed by atoms with Crippen molar-refractivity contribution >= 4 is 22.2 Å². The molecule has 2 aromatic rings. The number of benzene rings is 1. The fraction of sp³-hybridized carbons (Fsp3) is 0.267. The van der Waals surface area contributed by atoms with Gasteiger partial charge in [0.05, 0.1) is 16.7 Å². The summed E-state index contributed by atoms with van der Waals surface area (Å²) in [6, 6.07) is 8.39. The number of nitrogens with zero attached hydrogens (tertiary/aromatic N) is 1. The van der Waals surface area contributed by atoms with Crippen molar-refractivity contribution in [2.75, 3.05) is 5.32 Å². The molecule has 1 aliphatic heterocycles. The Morgan fingerprint density at radius 3 is 2.82 bits per heavy atom. The molecule has 0 unspecified atom stereocenters. The second-order valence-electron chi connectivity index (χ2n) is 5.24. The molecule has 1 N–H and O–H groups in total. The van der Waals surface area contributed by atoms with E-state index in [4.69, 9.17) is 0 Å². The van der Waals surface area contributed by atoms with Gasteiger partial charge in [0, 0.05) is 17.1 Å². The molecule has 1 aliphatic rings. The highest BCUT2D eigenvalue weighted by Gasteiger charge is 2.24. The molecule has 3 rings (SSSR count). The molecule has 1 aromatic carbocycles. The molecular weight excluding hydrogens is 208 g/mol. The Hall–Kier alpha value is -1.83. The molecular formula is C15H16N2. The van der Waals surface area contributed by atoms with E-state index in [2.05, 4.69) is 55.3 Å². The van der Waals surface area contributed by atoms with E-state index in [-0.39, 0.29) is 5.54 Å². The van der Waals surface area contributed by atoms with Gasteiger partial charge in [-0.05, 0) is 32.4 Å². The number of hydrogen-bond donors (Lipinski definition) is 1. The zero-order chi connectivity index (χ0) is 12.0. The molecule has 0 atom stereocenters. The van der Waals surface area contributed by atoms with E-state index in [0.29, 0.717) is 0 Å². The maximum Gasteiger partial charge on any atom is 0.0939 e. The lowest BCUT2D eigenvalue weighted by molar-refractivity contribution is 0.708. The van der Waals surface area contributed by atoms with Crippen molar-refractivity contribution in [1.82, 2.24) is 4.98 Å². The van der Waals surface area contributed by atoms with Gasteiger partial charge in [0.15, 0.2) is 0 Å². The number of nitrogens with one attached hydrogen (secondary N) is 1. The summed E-state index contributed by atoms with van der Waals surface area (Å²) in [6.45, 7) is 6.53. The van der Waals surface area contributed by atoms with Crippen LogP contribution in [0.4, 0.5) is 5.69 Å². The van der Waals surface area contributed by atoms with Crippen LogP contribution in [0.25, 0.3) is 16.5 Å². The maximum atomic E-state index is 4.50. The highest BCUT2D eigenvalue weighted by atomic mass is 15.0. The summed E-state index contributed by atoms with van der Waals surface area (Å²) >= 11 is 0. The van der Waals surface area contributed by atoms with Crippen LogP contribution in [0.1, 0.15) is 26.3 Å². The quantitative estimate of drug-likeness (QED) is 0.735. The van der Waals surface area contributed by atoms with Crippen LogP contribution in [-0.2, 0) is 0 Å². The van der Waals surface area contributed by atoms with Gasteiger partial charge in [-0.2, -0.15) is 0 Å². The lowest BCUT2D eigenvalue weighted by Crippen LogP contribution is -2.31. The summed E-state index contributed by atoms with van der Waals surface area (Å²) in [6.07, 6.45) is 4.12. The van der Waals surface area contributed by atoms with E-state index < -0.39 is 0 Å². The number of hydrogen-bond acceptors (Lipinski definition) is 2. The summed E-state index contributed by atoms with van der Waals surface area (Å²) in [4.78, 5) is 4.50. The molecule has 0 radical (unpaired) electrons. The third-order valence-electron chi connectivity index (χ3n) is 3.22. The molecule has 0 amide bonds. The number of fused-ring (bicyclic) bond motifs is 3. The Kier molecular flexibility index (Phi) is 2.02. The van der Waals surface area contributed by atoms with Gasteiger partial charge in [0.25, 0.3) is 0 Å². The SMILES string of the molecule is CC1=CC(C)(C)Nc2c1ccc1cccnc21. The van der Waals surface area contributed by atoms with Gasteiger partial charge >= 0.3 is 0 Å². The van der Waals surface area contributed by atoms with Crippen LogP contribution in [0, 0.1) is 0 Å². The molecule has 1 aromatic heterocycles. The lowest BCUT2D eigenvalue weighted by atomic mass is 9.90. The van der Waals surface area contributed by atoms with Crippen LogP contribution in [-0.4, -0.2) is 10.5 Å². The van der Waals surface area contributed by atoms with Crippen molar-refractivity contribution in [3.8, 4) is 0 Å². The summed E-state index contributed by atoms with van der Waals surface area (Å²) < 4.78 is 0. The Morgan fingerprint density at radius 2 is 2.00 bits per heavy atom. The van der Waals surface area contributed by atoms with Gasteiger partial charge in [0.2, 0.25) is 0 Å². The number of allylic oxidation sites excluding steroid dienone is 1. The predicted molar refractivity (Wildman–Crippen MR) is 73.1 cm³/mol. The molecule has 0 saturated heterocycles. The molecule has 0 aliphatic carbocycles. The summed E-state index contributed by atoms with van der Waals surface area (Å²) in [7, 11) is 0. The van der Waals surface area contributed by atoms with Crippen molar-refractivity contribution in [3.63, 3.8) is 0 Å². The normalized spacial score (nSPS) is 17.2. The third-order valence-corrected chi connectivity index (χ3v) is 3.22. The third kappa shape index (κ3) is 1.60. The minimum Gasteiger partial charge on any atom is -0.374 e. The number of rotatable bonds is 0. The first-order valence-electron chi connectivity index (χ1n) is 5.93. The first-order chi connectivity index (χ1) is 8.07. The van der Waals surface area contributed by atoms with Crippen LogP contribution in [0.15, 0.2) is 36.5 Å². The van der Waals surface area contributed by atoms with Crippen LogP contribution < -0.4 is 5.32 Å². The molecule has 2 heterocycles. The number of anilines is 1. The number of pyridine rings is 1. The van der Waals surface area contributed by atoms with Gasteiger partial charge in [0.1, 0.15) is 0 Å². The van der Waals surface area contributed by atoms with Crippen LogP contribution in [0.3, 0.4) is 0 Å². The molecule has 0 spiro atoms. The minimum absolute atomic E-state index is 0.0110. The Labute approximate surface area is 101 Å². The fourth-order valence-corrected chi connectivity index (χ4v) is 2.58. The first-order valence-corrected chi connectivity index (χ1v) is 5.93. The van der Waals surface area contributed by atoms with Gasteiger partial charge in [-0.25, -0.2) is 0 Å². The number of aromatic nitrogens is 1. The highest BCUT2D eigenvalue weighted by molar-refractivity contribution is 5.98. The highest BCUT2D eigenvalue weighted by Crippen LogP contribution is 2.37. The fourth-order valence-electron chi connectivity index (χ4n) is 2.58. The predicted octanol–water partition coefficient (Wildman–Crippen LogP) is 3.84. The molecule has 2 heteroatoms. The standard InChI is InChI=1S/C15H16N2/c1-10-9-15(2,3)17-14-12(10)7-6-11-5-4-8-16-13(11)14/h4-9,17H,1-3H3. The first kappa shape index (κ1) is 10.3. The molecule has 2 nitrogen and oxygen atoms in total. The van der Waals surface area contributed by atoms with Gasteiger partial charge in [-0.15, -0.1) is 0 Å². The molecule has 86 valence electrons. The monoisotopic (exact) mass is 224 g/mol. The summed E-state index contributed by atoms with van der Waals surface area (Å²) in [5, 5.41) is 4.76. The van der Waals surface area contributed by atoms with E-state index in [1.165, 1.54) is 16.5 Å². The second-order valence-corrected chi connectivity index (χ2v) is 5.24. The van der Waals surface area contributed by atoms with Crippen LogP contribution >= 0.6 is 0 Å². The minimum atomic E-state index is -0.0110. The average molecular weight is 224 g/mol. The maximum absolute atomic E-state index is 4.50. The zero-order valence-corrected chi connectivity index (χ0v) is 10.4. The summed E-state index contributed by atoms with van der Waals surface area (Å²) in [5.74, 6) is 0. The Balaban J connectivity index is 2.35. The molecule has 0 saturated carbocycles. The van der Waals surface area contributed by atoms with Crippen molar-refractivity contribution in [2.24, 2.45) is 0 Å². The molecule has 0 fully saturated rings. The van der Waals surface area contributed by atoms with Gasteiger partial charge < -0.3 is 5.32 Å². The van der Waals surface area contributed by atoms with Gasteiger partial charge in [-0.3, -0.25) is 4.98 Å². The van der Waals surface area contributed by atoms with Crippen LogP contribution in [0.5, 0.6) is 0 Å². The summed E-state index contributed by atoms with van der Waals surface area (Å²) in [5.41, 5.74) is 4.79. The van der Waals surface area contributed by atoms with E-state index in [9.17, 15) is 0 Å². The van der Waals surface area contributed by atoms with E-state index in [1.807, 2.05) is 12.3 Å². The van der Waals surface area contributed by atoms with Gasteiger partial charge in [-0.1, -0.05) is 24.3 Å². The van der Waals surface area contributed by atoms with Crippen molar-refractivity contribution < 1.29 is 0 Å². The topological polar surface area (TPSA) is 24.9 Å². The molecule has 17 heavy (non-hydrogen) atoms. The van der Waals surface area contributed by atoms with Crippen molar-refractivity contribution in [3.05, 3.63) is 42.1 Å². The van der Waals surface area contributed by atoms with Crippen molar-refractivity contribution in [2.45, 2.75) is 26.3 Å². The largest absolute Gasteiger partial charge is 0.374 e. The van der Waals surface area contributed by atoms with E-state index >= 15 is 0 Å². The zero-order valence-electron chi connectivity index (χ0n) is 10.4.